The topological polar surface area (TPSA) is 125 Å². The number of ether oxygens (including phenoxy) is 1. The van der Waals surface area contributed by atoms with Crippen molar-refractivity contribution in [2.75, 3.05) is 12.4 Å². The van der Waals surface area contributed by atoms with Crippen LogP contribution in [0, 0.1) is 0 Å². The molecule has 9 nitrogen and oxygen atoms in total. The predicted octanol–water partition coefficient (Wildman–Crippen LogP) is 0.827. The van der Waals surface area contributed by atoms with Crippen LogP contribution in [-0.2, 0) is 6.54 Å². The summed E-state index contributed by atoms with van der Waals surface area (Å²) < 4.78 is 4.83. The molecular formula is C14H10ClN3O6. The molecule has 1 aliphatic rings. The van der Waals surface area contributed by atoms with Crippen LogP contribution in [0.1, 0.15) is 15.9 Å². The van der Waals surface area contributed by atoms with Crippen LogP contribution in [0.2, 0.25) is 5.02 Å². The zero-order valence-electron chi connectivity index (χ0n) is 12.2. The molecule has 0 aromatic heterocycles. The largest absolute Gasteiger partial charge is 0.491 e. The van der Waals surface area contributed by atoms with E-state index in [4.69, 9.17) is 21.4 Å². The molecule has 3 N–H and O–H groups in total. The van der Waals surface area contributed by atoms with Gasteiger partial charge in [0.2, 0.25) is 0 Å². The van der Waals surface area contributed by atoms with Crippen LogP contribution in [0.3, 0.4) is 0 Å². The van der Waals surface area contributed by atoms with Crippen LogP contribution < -0.4 is 26.3 Å². The molecule has 2 amide bonds. The van der Waals surface area contributed by atoms with Gasteiger partial charge in [-0.3, -0.25) is 14.4 Å². The lowest BCUT2D eigenvalue weighted by molar-refractivity contribution is 0.0674. The lowest BCUT2D eigenvalue weighted by atomic mass is 10.1. The number of methoxy groups -OCH3 is 1. The number of halogens is 1. The van der Waals surface area contributed by atoms with Gasteiger partial charge in [0.25, 0.3) is 16.8 Å². The van der Waals surface area contributed by atoms with Gasteiger partial charge in [0.1, 0.15) is 5.69 Å². The monoisotopic (exact) mass is 351 g/mol. The SMILES string of the molecule is COc1c(Nc2ccc(Cl)c3c2C(=O)N(NC(=O)O)C3)c(=O)c1=O. The Morgan fingerprint density at radius 3 is 2.62 bits per heavy atom. The van der Waals surface area contributed by atoms with Crippen LogP contribution >= 0.6 is 11.6 Å². The number of carboxylic acid groups (broad SMARTS) is 1. The van der Waals surface area contributed by atoms with Crippen LogP contribution in [-0.4, -0.2) is 29.2 Å². The molecule has 0 spiro atoms. The second-order valence-electron chi connectivity index (χ2n) is 4.95. The van der Waals surface area contributed by atoms with Gasteiger partial charge in [-0.15, -0.1) is 0 Å². The van der Waals surface area contributed by atoms with Gasteiger partial charge in [0.05, 0.1) is 24.9 Å². The number of amides is 2. The second kappa shape index (κ2) is 5.53. The summed E-state index contributed by atoms with van der Waals surface area (Å²) in [6.45, 7) is -0.0577. The highest BCUT2D eigenvalue weighted by atomic mass is 35.5. The van der Waals surface area contributed by atoms with Gasteiger partial charge in [0, 0.05) is 10.6 Å². The first-order valence-electron chi connectivity index (χ1n) is 6.62. The minimum absolute atomic E-state index is 0.0577. The minimum Gasteiger partial charge on any atom is -0.491 e. The lowest BCUT2D eigenvalue weighted by Crippen LogP contribution is -2.41. The molecular weight excluding hydrogens is 342 g/mol. The van der Waals surface area contributed by atoms with Crippen LogP contribution in [0.25, 0.3) is 0 Å². The Hall–Kier alpha value is -3.07. The van der Waals surface area contributed by atoms with E-state index in [1.807, 2.05) is 5.43 Å². The van der Waals surface area contributed by atoms with Crippen molar-refractivity contribution >= 4 is 35.0 Å². The van der Waals surface area contributed by atoms with E-state index in [9.17, 15) is 19.2 Å². The Morgan fingerprint density at radius 2 is 2.00 bits per heavy atom. The lowest BCUT2D eigenvalue weighted by Gasteiger charge is -2.15. The first kappa shape index (κ1) is 15.8. The maximum absolute atomic E-state index is 12.4. The Kier molecular flexibility index (Phi) is 3.64. The molecule has 0 aliphatic carbocycles. The number of nitrogens with zero attached hydrogens (tertiary/aromatic N) is 1. The second-order valence-corrected chi connectivity index (χ2v) is 5.36. The molecule has 2 aromatic carbocycles. The molecule has 0 atom stereocenters. The molecule has 0 bridgehead atoms. The number of carbonyl (C=O) groups is 2. The number of hydrogen-bond donors (Lipinski definition) is 3. The quantitative estimate of drug-likeness (QED) is 0.696. The van der Waals surface area contributed by atoms with E-state index in [1.54, 1.807) is 0 Å². The highest BCUT2D eigenvalue weighted by molar-refractivity contribution is 6.32. The molecule has 2 aromatic rings. The molecule has 0 saturated heterocycles. The summed E-state index contributed by atoms with van der Waals surface area (Å²) in [5.74, 6) is -0.760. The third kappa shape index (κ3) is 2.26. The van der Waals surface area contributed by atoms with Gasteiger partial charge >= 0.3 is 6.09 Å². The third-order valence-electron chi connectivity index (χ3n) is 3.59. The summed E-state index contributed by atoms with van der Waals surface area (Å²) in [4.78, 5) is 46.2. The van der Waals surface area contributed by atoms with E-state index in [-0.39, 0.29) is 34.3 Å². The number of carbonyl (C=O) groups excluding carboxylic acids is 1. The van der Waals surface area contributed by atoms with Gasteiger partial charge in [0.15, 0.2) is 5.75 Å². The minimum atomic E-state index is -1.40. The maximum Gasteiger partial charge on any atom is 0.423 e. The summed E-state index contributed by atoms with van der Waals surface area (Å²) >= 11 is 6.06. The molecule has 0 saturated carbocycles. The number of benzene rings is 1. The van der Waals surface area contributed by atoms with Crippen molar-refractivity contribution in [1.82, 2.24) is 10.4 Å². The van der Waals surface area contributed by atoms with Crippen molar-refractivity contribution in [2.45, 2.75) is 6.54 Å². The smallest absolute Gasteiger partial charge is 0.423 e. The molecule has 1 aliphatic heterocycles. The Balaban J connectivity index is 2.02. The maximum atomic E-state index is 12.4. The van der Waals surface area contributed by atoms with Crippen molar-refractivity contribution in [1.29, 1.82) is 0 Å². The van der Waals surface area contributed by atoms with Gasteiger partial charge in [-0.25, -0.2) is 15.2 Å². The Bertz CT molecular complexity index is 947. The molecule has 0 fully saturated rings. The Labute approximate surface area is 139 Å². The van der Waals surface area contributed by atoms with Crippen molar-refractivity contribution in [3.8, 4) is 5.75 Å². The summed E-state index contributed by atoms with van der Waals surface area (Å²) in [6, 6.07) is 2.96. The van der Waals surface area contributed by atoms with Crippen molar-refractivity contribution in [3.63, 3.8) is 0 Å². The van der Waals surface area contributed by atoms with Crippen LogP contribution in [0.15, 0.2) is 21.7 Å². The Morgan fingerprint density at radius 1 is 1.29 bits per heavy atom. The van der Waals surface area contributed by atoms with Crippen LogP contribution in [0.5, 0.6) is 5.75 Å². The van der Waals surface area contributed by atoms with Crippen molar-refractivity contribution < 1.29 is 19.4 Å². The van der Waals surface area contributed by atoms with E-state index in [2.05, 4.69) is 5.32 Å². The first-order chi connectivity index (χ1) is 11.3. The molecule has 0 radical (unpaired) electrons. The molecule has 24 heavy (non-hydrogen) atoms. The van der Waals surface area contributed by atoms with E-state index in [0.29, 0.717) is 5.56 Å². The number of rotatable bonds is 4. The number of fused-ring (bicyclic) bond motifs is 1. The average Bonchev–Trinajstić information content (AvgIpc) is 2.86. The number of hydrogen-bond acceptors (Lipinski definition) is 6. The highest BCUT2D eigenvalue weighted by Crippen LogP contribution is 2.35. The van der Waals surface area contributed by atoms with E-state index in [0.717, 1.165) is 5.01 Å². The number of nitrogens with one attached hydrogen (secondary N) is 2. The number of hydrazine groups is 1. The average molecular weight is 352 g/mol. The molecule has 3 rings (SSSR count). The molecule has 10 heteroatoms. The zero-order chi connectivity index (χ0) is 17.6. The van der Waals surface area contributed by atoms with E-state index >= 15 is 0 Å². The first-order valence-corrected chi connectivity index (χ1v) is 7.00. The predicted molar refractivity (Wildman–Crippen MR) is 83.7 cm³/mol. The fourth-order valence-corrected chi connectivity index (χ4v) is 2.73. The summed E-state index contributed by atoms with van der Waals surface area (Å²) in [7, 11) is 1.25. The van der Waals surface area contributed by atoms with Crippen molar-refractivity contribution in [2.24, 2.45) is 0 Å². The van der Waals surface area contributed by atoms with Gasteiger partial charge in [-0.2, -0.15) is 0 Å². The molecule has 124 valence electrons. The van der Waals surface area contributed by atoms with Gasteiger partial charge in [-0.05, 0) is 12.1 Å². The summed E-state index contributed by atoms with van der Waals surface area (Å²) in [5, 5.41) is 12.6. The van der Waals surface area contributed by atoms with E-state index < -0.39 is 22.9 Å². The third-order valence-corrected chi connectivity index (χ3v) is 3.95. The molecule has 1 heterocycles. The summed E-state index contributed by atoms with van der Waals surface area (Å²) in [5.41, 5.74) is 1.12. The van der Waals surface area contributed by atoms with Gasteiger partial charge in [-0.1, -0.05) is 11.6 Å². The number of anilines is 2. The van der Waals surface area contributed by atoms with Crippen molar-refractivity contribution in [3.05, 3.63) is 48.7 Å². The zero-order valence-corrected chi connectivity index (χ0v) is 12.9. The normalized spacial score (nSPS) is 13.1. The van der Waals surface area contributed by atoms with Gasteiger partial charge < -0.3 is 15.2 Å². The highest BCUT2D eigenvalue weighted by Gasteiger charge is 2.34. The standard InChI is InChI=1S/C14H10ClN3O6/c1-24-12-9(10(19)11(12)20)16-7-3-2-6(15)5-4-18(17-14(22)23)13(21)8(5)7/h2-3,16-17H,4H2,1H3,(H,22,23). The van der Waals surface area contributed by atoms with E-state index in [1.165, 1.54) is 19.2 Å². The molecule has 0 unspecified atom stereocenters. The summed E-state index contributed by atoms with van der Waals surface area (Å²) in [6.07, 6.45) is -1.40. The fourth-order valence-electron chi connectivity index (χ4n) is 2.51. The van der Waals surface area contributed by atoms with Crippen LogP contribution in [0.4, 0.5) is 16.2 Å². The fraction of sp³-hybridized carbons (Fsp3) is 0.143.